The van der Waals surface area contributed by atoms with Crippen LogP contribution < -0.4 is 4.74 Å². The summed E-state index contributed by atoms with van der Waals surface area (Å²) in [5.74, 6) is 2.68. The Balaban J connectivity index is 2.07. The fraction of sp³-hybridized carbons (Fsp3) is 0.647. The third-order valence-electron chi connectivity index (χ3n) is 4.13. The Morgan fingerprint density at radius 2 is 2.15 bits per heavy atom. The molecule has 1 aromatic rings. The molecule has 3 atom stereocenters. The van der Waals surface area contributed by atoms with Crippen molar-refractivity contribution in [1.82, 2.24) is 4.90 Å². The molecule has 1 aromatic carbocycles. The Hall–Kier alpha value is -1.06. The van der Waals surface area contributed by atoms with Crippen LogP contribution in [0.3, 0.4) is 0 Å². The predicted molar refractivity (Wildman–Crippen MR) is 81.8 cm³/mol. The molecule has 3 unspecified atom stereocenters. The van der Waals surface area contributed by atoms with Crippen LogP contribution in [0.4, 0.5) is 0 Å². The second-order valence-corrected chi connectivity index (χ2v) is 6.15. The normalized spacial score (nSPS) is 22.9. The Morgan fingerprint density at radius 1 is 1.45 bits per heavy atom. The molecular weight excluding hydrogens is 250 g/mol. The number of aliphatic hydroxyl groups excluding tert-OH is 1. The van der Waals surface area contributed by atoms with E-state index in [1.54, 1.807) is 6.92 Å². The zero-order valence-electron chi connectivity index (χ0n) is 13.1. The third kappa shape index (κ3) is 3.97. The number of hydrogen-bond acceptors (Lipinski definition) is 3. The molecule has 0 heterocycles. The Morgan fingerprint density at radius 3 is 2.70 bits per heavy atom. The van der Waals surface area contributed by atoms with Crippen LogP contribution in [0.15, 0.2) is 18.2 Å². The molecule has 0 aromatic heterocycles. The highest BCUT2D eigenvalue weighted by Crippen LogP contribution is 2.38. The van der Waals surface area contributed by atoms with Gasteiger partial charge in [-0.05, 0) is 56.8 Å². The van der Waals surface area contributed by atoms with Gasteiger partial charge in [0.2, 0.25) is 0 Å². The molecule has 0 bridgehead atoms. The van der Waals surface area contributed by atoms with Gasteiger partial charge in [0.05, 0.1) is 12.7 Å². The Labute approximate surface area is 122 Å². The molecule has 3 heteroatoms. The molecule has 1 N–H and O–H groups in total. The second-order valence-electron chi connectivity index (χ2n) is 6.15. The van der Waals surface area contributed by atoms with Crippen molar-refractivity contribution >= 4 is 0 Å². The van der Waals surface area contributed by atoms with Gasteiger partial charge in [-0.1, -0.05) is 13.0 Å². The quantitative estimate of drug-likeness (QED) is 0.830. The number of nitrogens with zero attached hydrogens (tertiary/aromatic N) is 1. The molecule has 0 spiro atoms. The van der Waals surface area contributed by atoms with E-state index in [1.165, 1.54) is 12.0 Å². The van der Waals surface area contributed by atoms with E-state index in [0.29, 0.717) is 6.61 Å². The molecule has 20 heavy (non-hydrogen) atoms. The van der Waals surface area contributed by atoms with E-state index < -0.39 is 6.10 Å². The summed E-state index contributed by atoms with van der Waals surface area (Å²) >= 11 is 0. The summed E-state index contributed by atoms with van der Waals surface area (Å²) in [4.78, 5) is 2.36. The molecular formula is C17H27NO2. The SMILES string of the molecule is CCOc1ccc(C(C)O)cc1CN(C)CC1CC1C. The maximum atomic E-state index is 9.74. The fourth-order valence-electron chi connectivity index (χ4n) is 2.69. The molecule has 0 radical (unpaired) electrons. The Kier molecular flexibility index (Phi) is 5.06. The van der Waals surface area contributed by atoms with Crippen molar-refractivity contribution in [2.75, 3.05) is 20.2 Å². The van der Waals surface area contributed by atoms with Crippen LogP contribution in [0, 0.1) is 11.8 Å². The van der Waals surface area contributed by atoms with Gasteiger partial charge in [0.1, 0.15) is 5.75 Å². The summed E-state index contributed by atoms with van der Waals surface area (Å²) in [6, 6.07) is 6.00. The highest BCUT2D eigenvalue weighted by Gasteiger charge is 2.33. The number of rotatable bonds is 7. The van der Waals surface area contributed by atoms with E-state index in [9.17, 15) is 5.11 Å². The summed E-state index contributed by atoms with van der Waals surface area (Å²) in [6.07, 6.45) is 0.925. The largest absolute Gasteiger partial charge is 0.494 e. The van der Waals surface area contributed by atoms with Crippen molar-refractivity contribution in [1.29, 1.82) is 0 Å². The van der Waals surface area contributed by atoms with Gasteiger partial charge in [-0.25, -0.2) is 0 Å². The van der Waals surface area contributed by atoms with Crippen molar-refractivity contribution in [3.63, 3.8) is 0 Å². The van der Waals surface area contributed by atoms with Crippen LogP contribution in [0.1, 0.15) is 44.4 Å². The van der Waals surface area contributed by atoms with Crippen molar-refractivity contribution in [2.24, 2.45) is 11.8 Å². The molecule has 1 aliphatic rings. The molecule has 0 aliphatic heterocycles. The first-order valence-corrected chi connectivity index (χ1v) is 7.63. The summed E-state index contributed by atoms with van der Waals surface area (Å²) in [6.45, 7) is 8.81. The monoisotopic (exact) mass is 277 g/mol. The van der Waals surface area contributed by atoms with E-state index in [0.717, 1.165) is 36.2 Å². The minimum Gasteiger partial charge on any atom is -0.494 e. The molecule has 3 nitrogen and oxygen atoms in total. The van der Waals surface area contributed by atoms with Gasteiger partial charge in [0.25, 0.3) is 0 Å². The molecule has 0 saturated heterocycles. The standard InChI is InChI=1S/C17H27NO2/c1-5-20-17-7-6-14(13(3)19)9-16(17)11-18(4)10-15-8-12(15)2/h6-7,9,12-13,15,19H,5,8,10-11H2,1-4H3. The number of benzene rings is 1. The van der Waals surface area contributed by atoms with E-state index in [2.05, 4.69) is 24.9 Å². The van der Waals surface area contributed by atoms with Crippen LogP contribution in [-0.2, 0) is 6.54 Å². The minimum absolute atomic E-state index is 0.432. The lowest BCUT2D eigenvalue weighted by Crippen LogP contribution is -2.21. The van der Waals surface area contributed by atoms with Gasteiger partial charge in [0.15, 0.2) is 0 Å². The first kappa shape index (κ1) is 15.3. The second kappa shape index (κ2) is 6.59. The number of hydrogen-bond donors (Lipinski definition) is 1. The van der Waals surface area contributed by atoms with Gasteiger partial charge in [0, 0.05) is 18.7 Å². The average Bonchev–Trinajstić information content (AvgIpc) is 3.06. The maximum absolute atomic E-state index is 9.74. The molecule has 1 aliphatic carbocycles. The number of ether oxygens (including phenoxy) is 1. The Bertz CT molecular complexity index is 445. The van der Waals surface area contributed by atoms with Gasteiger partial charge >= 0.3 is 0 Å². The summed E-state index contributed by atoms with van der Waals surface area (Å²) in [5.41, 5.74) is 2.12. The minimum atomic E-state index is -0.432. The average molecular weight is 277 g/mol. The van der Waals surface area contributed by atoms with Crippen LogP contribution >= 0.6 is 0 Å². The first-order chi connectivity index (χ1) is 9.51. The van der Waals surface area contributed by atoms with Gasteiger partial charge in [-0.15, -0.1) is 0 Å². The van der Waals surface area contributed by atoms with E-state index in [1.807, 2.05) is 19.1 Å². The van der Waals surface area contributed by atoms with E-state index in [4.69, 9.17) is 4.74 Å². The zero-order chi connectivity index (χ0) is 14.7. The van der Waals surface area contributed by atoms with Crippen LogP contribution in [-0.4, -0.2) is 30.2 Å². The summed E-state index contributed by atoms with van der Waals surface area (Å²) < 4.78 is 5.71. The molecule has 1 saturated carbocycles. The summed E-state index contributed by atoms with van der Waals surface area (Å²) in [7, 11) is 2.16. The maximum Gasteiger partial charge on any atom is 0.123 e. The van der Waals surface area contributed by atoms with Gasteiger partial charge in [-0.3, -0.25) is 0 Å². The van der Waals surface area contributed by atoms with Crippen molar-refractivity contribution in [2.45, 2.75) is 39.8 Å². The van der Waals surface area contributed by atoms with Crippen molar-refractivity contribution in [3.05, 3.63) is 29.3 Å². The van der Waals surface area contributed by atoms with E-state index >= 15 is 0 Å². The smallest absolute Gasteiger partial charge is 0.123 e. The number of aliphatic hydroxyl groups is 1. The van der Waals surface area contributed by atoms with Crippen LogP contribution in [0.2, 0.25) is 0 Å². The molecule has 0 amide bonds. The lowest BCUT2D eigenvalue weighted by Gasteiger charge is -2.20. The highest BCUT2D eigenvalue weighted by molar-refractivity contribution is 5.38. The third-order valence-corrected chi connectivity index (χ3v) is 4.13. The fourth-order valence-corrected chi connectivity index (χ4v) is 2.69. The zero-order valence-corrected chi connectivity index (χ0v) is 13.1. The molecule has 2 rings (SSSR count). The van der Waals surface area contributed by atoms with Gasteiger partial charge < -0.3 is 14.7 Å². The van der Waals surface area contributed by atoms with Crippen LogP contribution in [0.25, 0.3) is 0 Å². The molecule has 1 fully saturated rings. The topological polar surface area (TPSA) is 32.7 Å². The highest BCUT2D eigenvalue weighted by atomic mass is 16.5. The lowest BCUT2D eigenvalue weighted by atomic mass is 10.1. The van der Waals surface area contributed by atoms with Crippen molar-refractivity contribution in [3.8, 4) is 5.75 Å². The first-order valence-electron chi connectivity index (χ1n) is 7.63. The van der Waals surface area contributed by atoms with E-state index in [-0.39, 0.29) is 0 Å². The van der Waals surface area contributed by atoms with Crippen molar-refractivity contribution < 1.29 is 9.84 Å². The predicted octanol–water partition coefficient (Wildman–Crippen LogP) is 3.23. The van der Waals surface area contributed by atoms with Gasteiger partial charge in [-0.2, -0.15) is 0 Å². The molecule has 112 valence electrons. The lowest BCUT2D eigenvalue weighted by molar-refractivity contribution is 0.198. The van der Waals surface area contributed by atoms with Crippen LogP contribution in [0.5, 0.6) is 5.75 Å². The summed E-state index contributed by atoms with van der Waals surface area (Å²) in [5, 5.41) is 9.74.